The summed E-state index contributed by atoms with van der Waals surface area (Å²) >= 11 is 0. The van der Waals surface area contributed by atoms with Crippen LogP contribution in [0.2, 0.25) is 0 Å². The van der Waals surface area contributed by atoms with Crippen LogP contribution in [0.4, 0.5) is 0 Å². The van der Waals surface area contributed by atoms with Gasteiger partial charge in [-0.2, -0.15) is 0 Å². The summed E-state index contributed by atoms with van der Waals surface area (Å²) in [6.07, 6.45) is 0.674. The minimum absolute atomic E-state index is 0.130. The molecule has 1 spiro atoms. The second-order valence-electron chi connectivity index (χ2n) is 5.56. The molecule has 1 unspecified atom stereocenters. The monoisotopic (exact) mass is 298 g/mol. The van der Waals surface area contributed by atoms with Crippen LogP contribution in [0.25, 0.3) is 0 Å². The second kappa shape index (κ2) is 4.63. The number of rotatable bonds is 1. The Morgan fingerprint density at radius 1 is 1.35 bits per heavy atom. The van der Waals surface area contributed by atoms with E-state index >= 15 is 0 Å². The zero-order chi connectivity index (χ0) is 14.4. The highest BCUT2D eigenvalue weighted by Crippen LogP contribution is 2.45. The highest BCUT2D eigenvalue weighted by atomic mass is 32.2. The lowest BCUT2D eigenvalue weighted by Gasteiger charge is -2.43. The largest absolute Gasteiger partial charge is 0.497 e. The van der Waals surface area contributed by atoms with Crippen LogP contribution in [0.15, 0.2) is 18.2 Å². The van der Waals surface area contributed by atoms with E-state index in [1.54, 1.807) is 25.3 Å². The zero-order valence-electron chi connectivity index (χ0n) is 11.3. The summed E-state index contributed by atoms with van der Waals surface area (Å²) in [6, 6.07) is 5.33. The molecule has 2 aliphatic rings. The van der Waals surface area contributed by atoms with Gasteiger partial charge in [0.25, 0.3) is 0 Å². The molecule has 0 saturated carbocycles. The van der Waals surface area contributed by atoms with Gasteiger partial charge in [-0.05, 0) is 18.2 Å². The SMILES string of the molecule is COc1ccc2c(c1)C(O)CC1(CCS(=O)(=O)CC1)O2. The van der Waals surface area contributed by atoms with Crippen molar-refractivity contribution in [2.75, 3.05) is 18.6 Å². The van der Waals surface area contributed by atoms with Crippen LogP contribution in [0.5, 0.6) is 11.5 Å². The van der Waals surface area contributed by atoms with E-state index in [9.17, 15) is 13.5 Å². The Hall–Kier alpha value is -1.27. The van der Waals surface area contributed by atoms with E-state index in [4.69, 9.17) is 9.47 Å². The lowest BCUT2D eigenvalue weighted by Crippen LogP contribution is -2.47. The number of aliphatic hydroxyl groups is 1. The number of hydrogen-bond acceptors (Lipinski definition) is 5. The number of ether oxygens (including phenoxy) is 2. The Balaban J connectivity index is 1.89. The van der Waals surface area contributed by atoms with Gasteiger partial charge in [0.15, 0.2) is 9.84 Å². The Labute approximate surface area is 118 Å². The first-order valence-corrected chi connectivity index (χ1v) is 8.51. The number of sulfone groups is 1. The molecule has 5 nitrogen and oxygen atoms in total. The summed E-state index contributed by atoms with van der Waals surface area (Å²) in [6.45, 7) is 0. The maximum Gasteiger partial charge on any atom is 0.150 e. The standard InChI is InChI=1S/C14H18O5S/c1-18-10-2-3-13-11(8-10)12(15)9-14(19-13)4-6-20(16,17)7-5-14/h2-3,8,12,15H,4-7,9H2,1H3. The molecular weight excluding hydrogens is 280 g/mol. The highest BCUT2D eigenvalue weighted by molar-refractivity contribution is 7.91. The van der Waals surface area contributed by atoms with E-state index in [-0.39, 0.29) is 11.5 Å². The lowest BCUT2D eigenvalue weighted by atomic mass is 9.84. The molecule has 1 N–H and O–H groups in total. The van der Waals surface area contributed by atoms with Gasteiger partial charge >= 0.3 is 0 Å². The van der Waals surface area contributed by atoms with Gasteiger partial charge in [0.2, 0.25) is 0 Å². The fraction of sp³-hybridized carbons (Fsp3) is 0.571. The Morgan fingerprint density at radius 2 is 2.05 bits per heavy atom. The molecule has 0 aromatic heterocycles. The van der Waals surface area contributed by atoms with E-state index in [2.05, 4.69) is 0 Å². The number of methoxy groups -OCH3 is 1. The van der Waals surface area contributed by atoms with Gasteiger partial charge < -0.3 is 14.6 Å². The van der Waals surface area contributed by atoms with Crippen LogP contribution in [-0.2, 0) is 9.84 Å². The molecular formula is C14H18O5S. The van der Waals surface area contributed by atoms with E-state index in [0.29, 0.717) is 36.3 Å². The molecule has 1 saturated heterocycles. The predicted octanol–water partition coefficient (Wildman–Crippen LogP) is 1.46. The number of fused-ring (bicyclic) bond motifs is 1. The molecule has 20 heavy (non-hydrogen) atoms. The molecule has 0 amide bonds. The molecule has 1 aromatic carbocycles. The average molecular weight is 298 g/mol. The number of aliphatic hydroxyl groups excluding tert-OH is 1. The van der Waals surface area contributed by atoms with Crippen LogP contribution >= 0.6 is 0 Å². The van der Waals surface area contributed by atoms with Crippen LogP contribution < -0.4 is 9.47 Å². The third-order valence-electron chi connectivity index (χ3n) is 4.21. The Morgan fingerprint density at radius 3 is 2.70 bits per heavy atom. The van der Waals surface area contributed by atoms with Crippen LogP contribution in [0, 0.1) is 0 Å². The maximum atomic E-state index is 11.6. The van der Waals surface area contributed by atoms with Gasteiger partial charge in [0, 0.05) is 24.8 Å². The first-order valence-electron chi connectivity index (χ1n) is 6.69. The van der Waals surface area contributed by atoms with Crippen LogP contribution in [-0.4, -0.2) is 37.7 Å². The first kappa shape index (κ1) is 13.7. The molecule has 2 heterocycles. The van der Waals surface area contributed by atoms with Gasteiger partial charge in [-0.1, -0.05) is 0 Å². The zero-order valence-corrected chi connectivity index (χ0v) is 12.1. The van der Waals surface area contributed by atoms with Crippen LogP contribution in [0.1, 0.15) is 30.9 Å². The van der Waals surface area contributed by atoms with Crippen molar-refractivity contribution in [2.24, 2.45) is 0 Å². The Kier molecular flexibility index (Phi) is 3.17. The molecule has 6 heteroatoms. The van der Waals surface area contributed by atoms with E-state index < -0.39 is 21.5 Å². The summed E-state index contributed by atoms with van der Waals surface area (Å²) in [7, 11) is -1.37. The number of benzene rings is 1. The number of hydrogen-bond donors (Lipinski definition) is 1. The third kappa shape index (κ3) is 2.38. The first-order chi connectivity index (χ1) is 9.43. The topological polar surface area (TPSA) is 72.8 Å². The molecule has 0 bridgehead atoms. The van der Waals surface area contributed by atoms with Crippen molar-refractivity contribution in [3.8, 4) is 11.5 Å². The third-order valence-corrected chi connectivity index (χ3v) is 5.86. The normalized spacial score (nSPS) is 26.6. The van der Waals surface area contributed by atoms with E-state index in [1.165, 1.54) is 0 Å². The summed E-state index contributed by atoms with van der Waals surface area (Å²) in [5, 5.41) is 10.3. The van der Waals surface area contributed by atoms with Crippen molar-refractivity contribution < 1.29 is 23.0 Å². The molecule has 0 aliphatic carbocycles. The van der Waals surface area contributed by atoms with E-state index in [1.807, 2.05) is 0 Å². The second-order valence-corrected chi connectivity index (χ2v) is 7.86. The van der Waals surface area contributed by atoms with E-state index in [0.717, 1.165) is 0 Å². The lowest BCUT2D eigenvalue weighted by molar-refractivity contribution is -0.0209. The smallest absolute Gasteiger partial charge is 0.150 e. The van der Waals surface area contributed by atoms with Gasteiger partial charge in [0.05, 0.1) is 24.7 Å². The van der Waals surface area contributed by atoms with Crippen molar-refractivity contribution in [3.05, 3.63) is 23.8 Å². The fourth-order valence-corrected chi connectivity index (χ4v) is 4.53. The van der Waals surface area contributed by atoms with Gasteiger partial charge in [-0.3, -0.25) is 0 Å². The molecule has 1 fully saturated rings. The van der Waals surface area contributed by atoms with Gasteiger partial charge in [-0.15, -0.1) is 0 Å². The molecule has 2 aliphatic heterocycles. The minimum atomic E-state index is -2.95. The fourth-order valence-electron chi connectivity index (χ4n) is 2.96. The molecule has 1 aromatic rings. The predicted molar refractivity (Wildman–Crippen MR) is 73.8 cm³/mol. The quantitative estimate of drug-likeness (QED) is 0.849. The van der Waals surface area contributed by atoms with Gasteiger partial charge in [0.1, 0.15) is 17.1 Å². The molecule has 3 rings (SSSR count). The van der Waals surface area contributed by atoms with Crippen molar-refractivity contribution >= 4 is 9.84 Å². The maximum absolute atomic E-state index is 11.6. The summed E-state index contributed by atoms with van der Waals surface area (Å²) in [5.74, 6) is 1.56. The Bertz CT molecular complexity index is 608. The molecule has 110 valence electrons. The molecule has 0 radical (unpaired) electrons. The summed E-state index contributed by atoms with van der Waals surface area (Å²) < 4.78 is 34.3. The van der Waals surface area contributed by atoms with Crippen molar-refractivity contribution in [3.63, 3.8) is 0 Å². The molecule has 1 atom stereocenters. The van der Waals surface area contributed by atoms with Crippen molar-refractivity contribution in [1.82, 2.24) is 0 Å². The summed E-state index contributed by atoms with van der Waals surface area (Å²) in [4.78, 5) is 0. The highest BCUT2D eigenvalue weighted by Gasteiger charge is 2.44. The minimum Gasteiger partial charge on any atom is -0.497 e. The van der Waals surface area contributed by atoms with Crippen molar-refractivity contribution in [2.45, 2.75) is 31.0 Å². The summed E-state index contributed by atoms with van der Waals surface area (Å²) in [5.41, 5.74) is 0.162. The van der Waals surface area contributed by atoms with Crippen molar-refractivity contribution in [1.29, 1.82) is 0 Å². The van der Waals surface area contributed by atoms with Crippen LogP contribution in [0.3, 0.4) is 0 Å². The average Bonchev–Trinajstić information content (AvgIpc) is 2.43. The van der Waals surface area contributed by atoms with Gasteiger partial charge in [-0.25, -0.2) is 8.42 Å².